The summed E-state index contributed by atoms with van der Waals surface area (Å²) in [4.78, 5) is 0. The summed E-state index contributed by atoms with van der Waals surface area (Å²) in [6, 6.07) is 7.96. The zero-order chi connectivity index (χ0) is 13.1. The summed E-state index contributed by atoms with van der Waals surface area (Å²) in [7, 11) is 1.64. The number of methoxy groups -OCH3 is 1. The van der Waals surface area contributed by atoms with Crippen molar-refractivity contribution in [1.29, 1.82) is 0 Å². The zero-order valence-electron chi connectivity index (χ0n) is 10.4. The van der Waals surface area contributed by atoms with Crippen LogP contribution < -0.4 is 10.5 Å². The highest BCUT2D eigenvalue weighted by Gasteiger charge is 2.19. The third-order valence-electron chi connectivity index (χ3n) is 2.89. The third-order valence-corrected chi connectivity index (χ3v) is 3.61. The molecule has 5 heteroatoms. The maximum Gasteiger partial charge on any atom is 0.161 e. The lowest BCUT2D eigenvalue weighted by Crippen LogP contribution is -2.18. The lowest BCUT2D eigenvalue weighted by Gasteiger charge is -2.15. The van der Waals surface area contributed by atoms with Crippen molar-refractivity contribution in [3.8, 4) is 5.75 Å². The molecule has 0 saturated carbocycles. The van der Waals surface area contributed by atoms with E-state index in [-0.39, 0.29) is 6.04 Å². The molecule has 0 spiro atoms. The molecule has 2 N–H and O–H groups in total. The average molecular weight is 357 g/mol. The van der Waals surface area contributed by atoms with E-state index in [1.54, 1.807) is 13.3 Å². The monoisotopic (exact) mass is 357 g/mol. The van der Waals surface area contributed by atoms with Crippen molar-refractivity contribution in [3.05, 3.63) is 45.3 Å². The van der Waals surface area contributed by atoms with Crippen molar-refractivity contribution in [3.63, 3.8) is 0 Å². The van der Waals surface area contributed by atoms with Gasteiger partial charge in [0, 0.05) is 10.1 Å². The highest BCUT2D eigenvalue weighted by molar-refractivity contribution is 14.1. The van der Waals surface area contributed by atoms with E-state index in [0.717, 1.165) is 23.6 Å². The van der Waals surface area contributed by atoms with Gasteiger partial charge in [-0.3, -0.25) is 4.68 Å². The standard InChI is InChI=1S/C13H16IN3O/c1-3-17-13(11(18-2)8-16-17)12(15)9-4-6-10(14)7-5-9/h4-8,12H,3,15H2,1-2H3. The molecule has 0 aliphatic carbocycles. The number of aryl methyl sites for hydroxylation is 1. The van der Waals surface area contributed by atoms with E-state index >= 15 is 0 Å². The van der Waals surface area contributed by atoms with Crippen LogP contribution in [0.15, 0.2) is 30.5 Å². The van der Waals surface area contributed by atoms with Gasteiger partial charge >= 0.3 is 0 Å². The summed E-state index contributed by atoms with van der Waals surface area (Å²) >= 11 is 2.28. The lowest BCUT2D eigenvalue weighted by molar-refractivity contribution is 0.404. The number of nitrogens with zero attached hydrogens (tertiary/aromatic N) is 2. The van der Waals surface area contributed by atoms with Crippen molar-refractivity contribution in [2.24, 2.45) is 5.73 Å². The zero-order valence-corrected chi connectivity index (χ0v) is 12.6. The first kappa shape index (κ1) is 13.4. The summed E-state index contributed by atoms with van der Waals surface area (Å²) < 4.78 is 8.40. The molecule has 0 aliphatic rings. The Morgan fingerprint density at radius 1 is 1.39 bits per heavy atom. The van der Waals surface area contributed by atoms with Crippen LogP contribution in [0, 0.1) is 3.57 Å². The van der Waals surface area contributed by atoms with Crippen LogP contribution in [0.4, 0.5) is 0 Å². The summed E-state index contributed by atoms with van der Waals surface area (Å²) in [5, 5.41) is 4.28. The molecule has 1 aromatic carbocycles. The van der Waals surface area contributed by atoms with Gasteiger partial charge in [-0.1, -0.05) is 12.1 Å². The second-order valence-electron chi connectivity index (χ2n) is 3.94. The molecule has 0 aliphatic heterocycles. The van der Waals surface area contributed by atoms with Gasteiger partial charge in [0.15, 0.2) is 5.75 Å². The largest absolute Gasteiger partial charge is 0.493 e. The number of hydrogen-bond donors (Lipinski definition) is 1. The van der Waals surface area contributed by atoms with Crippen LogP contribution in [0.3, 0.4) is 0 Å². The second-order valence-corrected chi connectivity index (χ2v) is 5.19. The topological polar surface area (TPSA) is 53.1 Å². The molecule has 0 radical (unpaired) electrons. The van der Waals surface area contributed by atoms with Gasteiger partial charge in [-0.15, -0.1) is 0 Å². The van der Waals surface area contributed by atoms with Gasteiger partial charge in [0.1, 0.15) is 5.69 Å². The van der Waals surface area contributed by atoms with Gasteiger partial charge in [0.25, 0.3) is 0 Å². The molecule has 4 nitrogen and oxygen atoms in total. The van der Waals surface area contributed by atoms with Crippen LogP contribution in [0.5, 0.6) is 5.75 Å². The first-order chi connectivity index (χ1) is 8.67. The van der Waals surface area contributed by atoms with Crippen molar-refractivity contribution < 1.29 is 4.74 Å². The average Bonchev–Trinajstić information content (AvgIpc) is 2.81. The molecule has 0 bridgehead atoms. The number of benzene rings is 1. The molecule has 96 valence electrons. The molecule has 18 heavy (non-hydrogen) atoms. The van der Waals surface area contributed by atoms with Crippen LogP contribution in [-0.4, -0.2) is 16.9 Å². The van der Waals surface area contributed by atoms with E-state index in [1.807, 2.05) is 23.7 Å². The fraction of sp³-hybridized carbons (Fsp3) is 0.308. The SMILES string of the molecule is CCn1ncc(OC)c1C(N)c1ccc(I)cc1. The molecule has 0 fully saturated rings. The van der Waals surface area contributed by atoms with Crippen LogP contribution in [0.2, 0.25) is 0 Å². The molecule has 1 atom stereocenters. The number of ether oxygens (including phenoxy) is 1. The molecule has 0 amide bonds. The minimum absolute atomic E-state index is 0.223. The van der Waals surface area contributed by atoms with Crippen LogP contribution in [0.1, 0.15) is 24.2 Å². The summed E-state index contributed by atoms with van der Waals surface area (Å²) in [6.45, 7) is 2.81. The van der Waals surface area contributed by atoms with E-state index in [0.29, 0.717) is 0 Å². The van der Waals surface area contributed by atoms with Crippen LogP contribution in [0.25, 0.3) is 0 Å². The number of halogens is 1. The van der Waals surface area contributed by atoms with Crippen molar-refractivity contribution in [2.75, 3.05) is 7.11 Å². The Kier molecular flexibility index (Phi) is 4.23. The Balaban J connectivity index is 2.41. The van der Waals surface area contributed by atoms with Crippen molar-refractivity contribution >= 4 is 22.6 Å². The highest BCUT2D eigenvalue weighted by Crippen LogP contribution is 2.28. The molecule has 1 aromatic heterocycles. The molecule has 1 unspecified atom stereocenters. The molecule has 0 saturated heterocycles. The third kappa shape index (κ3) is 2.51. The van der Waals surface area contributed by atoms with Gasteiger partial charge in [0.2, 0.25) is 0 Å². The molecular formula is C13H16IN3O. The quantitative estimate of drug-likeness (QED) is 0.856. The number of nitrogens with two attached hydrogens (primary N) is 1. The molecule has 1 heterocycles. The Bertz CT molecular complexity index is 500. The predicted octanol–water partition coefficient (Wildman–Crippen LogP) is 2.56. The smallest absolute Gasteiger partial charge is 0.161 e. The van der Waals surface area contributed by atoms with E-state index in [9.17, 15) is 0 Å². The van der Waals surface area contributed by atoms with E-state index in [4.69, 9.17) is 10.5 Å². The van der Waals surface area contributed by atoms with Gasteiger partial charge in [0.05, 0.1) is 19.3 Å². The molecule has 2 rings (SSSR count). The second kappa shape index (κ2) is 5.71. The molecule has 2 aromatic rings. The Labute approximate surface area is 120 Å². The predicted molar refractivity (Wildman–Crippen MR) is 79.6 cm³/mol. The maximum atomic E-state index is 6.32. The van der Waals surface area contributed by atoms with Gasteiger partial charge < -0.3 is 10.5 Å². The first-order valence-electron chi connectivity index (χ1n) is 5.78. The Hall–Kier alpha value is -1.08. The van der Waals surface area contributed by atoms with E-state index in [1.165, 1.54) is 3.57 Å². The number of aromatic nitrogens is 2. The van der Waals surface area contributed by atoms with Crippen LogP contribution in [-0.2, 0) is 6.54 Å². The van der Waals surface area contributed by atoms with Gasteiger partial charge in [-0.05, 0) is 47.2 Å². The highest BCUT2D eigenvalue weighted by atomic mass is 127. The fourth-order valence-electron chi connectivity index (χ4n) is 1.93. The number of hydrogen-bond acceptors (Lipinski definition) is 3. The lowest BCUT2D eigenvalue weighted by atomic mass is 10.0. The minimum atomic E-state index is -0.223. The van der Waals surface area contributed by atoms with Gasteiger partial charge in [-0.2, -0.15) is 5.10 Å². The van der Waals surface area contributed by atoms with Crippen molar-refractivity contribution in [2.45, 2.75) is 19.5 Å². The minimum Gasteiger partial charge on any atom is -0.493 e. The van der Waals surface area contributed by atoms with E-state index in [2.05, 4.69) is 39.8 Å². The summed E-state index contributed by atoms with van der Waals surface area (Å²) in [5.74, 6) is 0.739. The number of rotatable bonds is 4. The summed E-state index contributed by atoms with van der Waals surface area (Å²) in [6.07, 6.45) is 1.71. The maximum absolute atomic E-state index is 6.32. The molecular weight excluding hydrogens is 341 g/mol. The summed E-state index contributed by atoms with van der Waals surface area (Å²) in [5.41, 5.74) is 8.30. The fourth-order valence-corrected chi connectivity index (χ4v) is 2.29. The van der Waals surface area contributed by atoms with Gasteiger partial charge in [-0.25, -0.2) is 0 Å². The Morgan fingerprint density at radius 3 is 2.61 bits per heavy atom. The normalized spacial score (nSPS) is 12.4. The van der Waals surface area contributed by atoms with Crippen molar-refractivity contribution in [1.82, 2.24) is 9.78 Å². The first-order valence-corrected chi connectivity index (χ1v) is 6.86. The van der Waals surface area contributed by atoms with E-state index < -0.39 is 0 Å². The Morgan fingerprint density at radius 2 is 2.06 bits per heavy atom. The van der Waals surface area contributed by atoms with Crippen LogP contribution >= 0.6 is 22.6 Å².